The Morgan fingerprint density at radius 1 is 1.03 bits per heavy atom. The lowest BCUT2D eigenvalue weighted by atomic mass is 10.1. The summed E-state index contributed by atoms with van der Waals surface area (Å²) < 4.78 is 15.0. The van der Waals surface area contributed by atoms with Crippen molar-refractivity contribution in [2.75, 3.05) is 25.1 Å². The topological polar surface area (TPSA) is 108 Å². The molecule has 2 aromatic rings. The van der Waals surface area contributed by atoms with Gasteiger partial charge >= 0.3 is 17.9 Å². The van der Waals surface area contributed by atoms with E-state index in [4.69, 9.17) is 14.2 Å². The Morgan fingerprint density at radius 2 is 1.72 bits per heavy atom. The van der Waals surface area contributed by atoms with Gasteiger partial charge in [-0.3, -0.25) is 9.59 Å². The number of thiophene rings is 2. The molecule has 1 N–H and O–H groups in total. The first-order valence-corrected chi connectivity index (χ1v) is 10.6. The van der Waals surface area contributed by atoms with E-state index in [1.54, 1.807) is 26.8 Å². The Labute approximate surface area is 175 Å². The largest absolute Gasteiger partial charge is 0.462 e. The lowest BCUT2D eigenvalue weighted by Gasteiger charge is -2.07. The molecule has 156 valence electrons. The fourth-order valence-electron chi connectivity index (χ4n) is 2.36. The van der Waals surface area contributed by atoms with Crippen LogP contribution in [0.2, 0.25) is 0 Å². The Balaban J connectivity index is 2.09. The van der Waals surface area contributed by atoms with Crippen LogP contribution in [0.25, 0.3) is 0 Å². The van der Waals surface area contributed by atoms with Crippen molar-refractivity contribution in [3.8, 4) is 0 Å². The number of ether oxygens (including phenoxy) is 3. The van der Waals surface area contributed by atoms with Gasteiger partial charge in [0.25, 0.3) is 5.91 Å². The fourth-order valence-corrected chi connectivity index (χ4v) is 4.14. The second-order valence-electron chi connectivity index (χ2n) is 5.72. The summed E-state index contributed by atoms with van der Waals surface area (Å²) in [6.45, 7) is 4.68. The molecule has 1 amide bonds. The minimum absolute atomic E-state index is 0.0654. The highest BCUT2D eigenvalue weighted by molar-refractivity contribution is 7.18. The van der Waals surface area contributed by atoms with Crippen molar-refractivity contribution in [2.45, 2.75) is 27.2 Å². The van der Waals surface area contributed by atoms with E-state index in [9.17, 15) is 19.2 Å². The molecule has 0 aliphatic rings. The summed E-state index contributed by atoms with van der Waals surface area (Å²) in [5, 5.41) is 6.32. The van der Waals surface area contributed by atoms with Crippen molar-refractivity contribution in [3.05, 3.63) is 38.4 Å². The van der Waals surface area contributed by atoms with Gasteiger partial charge in [-0.2, -0.15) is 11.3 Å². The highest BCUT2D eigenvalue weighted by Crippen LogP contribution is 2.34. The van der Waals surface area contributed by atoms with Gasteiger partial charge in [0.2, 0.25) is 0 Å². The van der Waals surface area contributed by atoms with E-state index in [1.807, 2.05) is 10.8 Å². The summed E-state index contributed by atoms with van der Waals surface area (Å²) in [6.07, 6.45) is 0.0654. The third-order valence-corrected chi connectivity index (χ3v) is 5.55. The minimum Gasteiger partial charge on any atom is -0.462 e. The molecule has 2 aromatic heterocycles. The molecule has 10 heteroatoms. The van der Waals surface area contributed by atoms with Crippen molar-refractivity contribution in [2.24, 2.45) is 0 Å². The smallest absolute Gasteiger partial charge is 0.348 e. The van der Waals surface area contributed by atoms with Crippen LogP contribution < -0.4 is 5.32 Å². The molecule has 0 saturated carbocycles. The molecule has 0 aromatic carbocycles. The summed E-state index contributed by atoms with van der Waals surface area (Å²) in [4.78, 5) is 48.7. The number of hydrogen-bond acceptors (Lipinski definition) is 9. The molecule has 0 radical (unpaired) electrons. The first kappa shape index (κ1) is 22.6. The Hall–Kier alpha value is -2.72. The predicted octanol–water partition coefficient (Wildman–Crippen LogP) is 3.20. The monoisotopic (exact) mass is 439 g/mol. The highest BCUT2D eigenvalue weighted by Gasteiger charge is 2.27. The number of amides is 1. The zero-order chi connectivity index (χ0) is 21.4. The fraction of sp³-hybridized carbons (Fsp3) is 0.368. The summed E-state index contributed by atoms with van der Waals surface area (Å²) >= 11 is 2.37. The molecule has 29 heavy (non-hydrogen) atoms. The average Bonchev–Trinajstić information content (AvgIpc) is 3.28. The van der Waals surface area contributed by atoms with Gasteiger partial charge < -0.3 is 19.5 Å². The summed E-state index contributed by atoms with van der Waals surface area (Å²) in [5.74, 6) is -2.44. The van der Waals surface area contributed by atoms with Crippen LogP contribution in [0.5, 0.6) is 0 Å². The number of esters is 3. The lowest BCUT2D eigenvalue weighted by Crippen LogP contribution is -2.22. The molecule has 0 bridgehead atoms. The van der Waals surface area contributed by atoms with Gasteiger partial charge in [0.05, 0.1) is 25.2 Å². The van der Waals surface area contributed by atoms with Crippen molar-refractivity contribution >= 4 is 51.5 Å². The van der Waals surface area contributed by atoms with Gasteiger partial charge in [0.1, 0.15) is 9.88 Å². The number of rotatable bonds is 9. The van der Waals surface area contributed by atoms with E-state index in [0.717, 1.165) is 16.9 Å². The Morgan fingerprint density at radius 3 is 2.34 bits per heavy atom. The molecule has 2 heterocycles. The van der Waals surface area contributed by atoms with E-state index in [0.29, 0.717) is 5.56 Å². The number of nitrogens with one attached hydrogen (secondary N) is 1. The van der Waals surface area contributed by atoms with E-state index in [-0.39, 0.29) is 35.1 Å². The molecule has 0 saturated heterocycles. The lowest BCUT2D eigenvalue weighted by molar-refractivity contribution is -0.146. The number of carbonyl (C=O) groups excluding carboxylic acids is 4. The van der Waals surface area contributed by atoms with Crippen LogP contribution in [0.15, 0.2) is 16.8 Å². The molecular weight excluding hydrogens is 418 g/mol. The summed E-state index contributed by atoms with van der Waals surface area (Å²) in [5.41, 5.74) is 1.24. The normalized spacial score (nSPS) is 10.3. The predicted molar refractivity (Wildman–Crippen MR) is 109 cm³/mol. The molecule has 0 unspecified atom stereocenters. The first-order valence-electron chi connectivity index (χ1n) is 8.81. The van der Waals surface area contributed by atoms with Gasteiger partial charge in [0, 0.05) is 0 Å². The van der Waals surface area contributed by atoms with Gasteiger partial charge in [-0.15, -0.1) is 11.3 Å². The van der Waals surface area contributed by atoms with Gasteiger partial charge in [-0.1, -0.05) is 0 Å². The van der Waals surface area contributed by atoms with Gasteiger partial charge in [0.15, 0.2) is 6.61 Å². The van der Waals surface area contributed by atoms with Crippen LogP contribution in [0.4, 0.5) is 5.00 Å². The van der Waals surface area contributed by atoms with Crippen molar-refractivity contribution < 1.29 is 33.4 Å². The van der Waals surface area contributed by atoms with Crippen LogP contribution in [0.3, 0.4) is 0 Å². The molecule has 0 spiro atoms. The zero-order valence-corrected chi connectivity index (χ0v) is 17.9. The Bertz CT molecular complexity index is 887. The van der Waals surface area contributed by atoms with Crippen LogP contribution in [0.1, 0.15) is 45.0 Å². The molecule has 0 fully saturated rings. The standard InChI is InChI=1S/C19H21NO7S2/c1-4-25-18(23)15-11(3)16(19(24)26-5-2)29-17(15)20-13(21)9-27-14(22)8-12-6-7-28-10-12/h6-7,10H,4-5,8-9H2,1-3H3,(H,20,21). The third-order valence-electron chi connectivity index (χ3n) is 3.63. The van der Waals surface area contributed by atoms with Crippen molar-refractivity contribution in [3.63, 3.8) is 0 Å². The van der Waals surface area contributed by atoms with E-state index in [1.165, 1.54) is 11.3 Å². The van der Waals surface area contributed by atoms with Crippen LogP contribution in [-0.4, -0.2) is 43.6 Å². The minimum atomic E-state index is -0.665. The highest BCUT2D eigenvalue weighted by atomic mass is 32.1. The summed E-state index contributed by atoms with van der Waals surface area (Å²) in [7, 11) is 0. The molecule has 0 atom stereocenters. The SMILES string of the molecule is CCOC(=O)c1sc(NC(=O)COC(=O)Cc2ccsc2)c(C(=O)OCC)c1C. The molecule has 2 rings (SSSR count). The first-order chi connectivity index (χ1) is 13.9. The average molecular weight is 440 g/mol. The third kappa shape index (κ3) is 6.13. The van der Waals surface area contributed by atoms with Crippen LogP contribution >= 0.6 is 22.7 Å². The van der Waals surface area contributed by atoms with Crippen LogP contribution in [-0.2, 0) is 30.2 Å². The Kier molecular flexibility index (Phi) is 8.34. The van der Waals surface area contributed by atoms with E-state index < -0.39 is 30.4 Å². The van der Waals surface area contributed by atoms with Crippen LogP contribution in [0, 0.1) is 6.92 Å². The zero-order valence-electron chi connectivity index (χ0n) is 16.2. The van der Waals surface area contributed by atoms with Gasteiger partial charge in [-0.05, 0) is 48.7 Å². The number of carbonyl (C=O) groups is 4. The molecule has 0 aliphatic carbocycles. The van der Waals surface area contributed by atoms with Crippen molar-refractivity contribution in [1.82, 2.24) is 0 Å². The maximum absolute atomic E-state index is 12.3. The van der Waals surface area contributed by atoms with Crippen molar-refractivity contribution in [1.29, 1.82) is 0 Å². The quantitative estimate of drug-likeness (QED) is 0.472. The van der Waals surface area contributed by atoms with Gasteiger partial charge in [-0.25, -0.2) is 9.59 Å². The number of anilines is 1. The van der Waals surface area contributed by atoms with E-state index >= 15 is 0 Å². The second-order valence-corrected chi connectivity index (χ2v) is 7.52. The maximum Gasteiger partial charge on any atom is 0.348 e. The number of hydrogen-bond donors (Lipinski definition) is 1. The molecule has 8 nitrogen and oxygen atoms in total. The molecular formula is C19H21NO7S2. The molecule has 0 aliphatic heterocycles. The second kappa shape index (κ2) is 10.7. The maximum atomic E-state index is 12.3. The van der Waals surface area contributed by atoms with E-state index in [2.05, 4.69) is 5.32 Å². The summed E-state index contributed by atoms with van der Waals surface area (Å²) in [6, 6.07) is 1.79.